The summed E-state index contributed by atoms with van der Waals surface area (Å²) in [7, 11) is -1.31. The smallest absolute Gasteiger partial charge is 0.233 e. The molecule has 100 valence electrons. The molecular formula is C13H20N2O2S. The van der Waals surface area contributed by atoms with Crippen LogP contribution in [-0.4, -0.2) is 22.4 Å². The topological polar surface area (TPSA) is 72.2 Å². The third-order valence-corrected chi connectivity index (χ3v) is 3.78. The molecule has 0 fully saturated rings. The molecule has 1 unspecified atom stereocenters. The van der Waals surface area contributed by atoms with Crippen LogP contribution in [0, 0.1) is 12.8 Å². The van der Waals surface area contributed by atoms with Gasteiger partial charge in [-0.2, -0.15) is 0 Å². The van der Waals surface area contributed by atoms with Crippen LogP contribution in [0.5, 0.6) is 0 Å². The van der Waals surface area contributed by atoms with E-state index in [0.29, 0.717) is 23.0 Å². The van der Waals surface area contributed by atoms with Crippen molar-refractivity contribution in [3.8, 4) is 0 Å². The van der Waals surface area contributed by atoms with E-state index in [-0.39, 0.29) is 11.7 Å². The van der Waals surface area contributed by atoms with Crippen molar-refractivity contribution in [2.24, 2.45) is 5.92 Å². The summed E-state index contributed by atoms with van der Waals surface area (Å²) in [6, 6.07) is 5.18. The molecule has 0 heterocycles. The highest BCUT2D eigenvalue weighted by atomic mass is 32.2. The van der Waals surface area contributed by atoms with E-state index in [1.54, 1.807) is 18.2 Å². The molecule has 1 aromatic carbocycles. The largest absolute Gasteiger partial charge is 0.399 e. The molecule has 1 rings (SSSR count). The van der Waals surface area contributed by atoms with Gasteiger partial charge in [-0.15, -0.1) is 0 Å². The van der Waals surface area contributed by atoms with Crippen molar-refractivity contribution >= 4 is 22.4 Å². The van der Waals surface area contributed by atoms with E-state index in [4.69, 9.17) is 5.73 Å². The summed E-state index contributed by atoms with van der Waals surface area (Å²) in [5.74, 6) is 0.202. The Kier molecular flexibility index (Phi) is 5.34. The van der Waals surface area contributed by atoms with Gasteiger partial charge in [-0.1, -0.05) is 13.8 Å². The molecular weight excluding hydrogens is 248 g/mol. The molecule has 1 aromatic rings. The maximum Gasteiger partial charge on any atom is 0.233 e. The first-order valence-electron chi connectivity index (χ1n) is 5.91. The van der Waals surface area contributed by atoms with Crippen LogP contribution in [0.3, 0.4) is 0 Å². The van der Waals surface area contributed by atoms with Crippen LogP contribution in [0.2, 0.25) is 0 Å². The van der Waals surface area contributed by atoms with Gasteiger partial charge in [0.25, 0.3) is 0 Å². The zero-order chi connectivity index (χ0) is 13.7. The Balaban J connectivity index is 2.59. The Morgan fingerprint density at radius 1 is 1.44 bits per heavy atom. The first-order chi connectivity index (χ1) is 8.40. The molecule has 0 saturated carbocycles. The first-order valence-corrected chi connectivity index (χ1v) is 7.23. The average Bonchev–Trinajstić information content (AvgIpc) is 2.30. The van der Waals surface area contributed by atoms with Crippen molar-refractivity contribution in [2.75, 3.05) is 18.0 Å². The summed E-state index contributed by atoms with van der Waals surface area (Å²) in [6.45, 7) is 6.49. The van der Waals surface area contributed by atoms with Crippen LogP contribution in [0.25, 0.3) is 0 Å². The molecule has 0 aliphatic carbocycles. The highest BCUT2D eigenvalue weighted by Gasteiger charge is 2.11. The minimum absolute atomic E-state index is 0.00389. The van der Waals surface area contributed by atoms with Crippen LogP contribution in [0.4, 0.5) is 5.69 Å². The van der Waals surface area contributed by atoms with Gasteiger partial charge in [0.15, 0.2) is 0 Å². The fourth-order valence-corrected chi connectivity index (χ4v) is 2.40. The SMILES string of the molecule is Cc1cc(S(=O)CC(=O)NCC(C)C)ccc1N. The maximum atomic E-state index is 12.0. The fourth-order valence-electron chi connectivity index (χ4n) is 1.36. The number of nitrogens with one attached hydrogen (secondary N) is 1. The van der Waals surface area contributed by atoms with Gasteiger partial charge in [-0.3, -0.25) is 9.00 Å². The van der Waals surface area contributed by atoms with Crippen LogP contribution in [0.15, 0.2) is 23.1 Å². The summed E-state index contributed by atoms with van der Waals surface area (Å²) in [6.07, 6.45) is 0. The zero-order valence-corrected chi connectivity index (χ0v) is 11.8. The third kappa shape index (κ3) is 4.49. The number of nitrogens with two attached hydrogens (primary N) is 1. The number of carbonyl (C=O) groups is 1. The number of carbonyl (C=O) groups excluding carboxylic acids is 1. The maximum absolute atomic E-state index is 12.0. The van der Waals surface area contributed by atoms with Gasteiger partial charge < -0.3 is 11.1 Å². The van der Waals surface area contributed by atoms with Crippen molar-refractivity contribution < 1.29 is 9.00 Å². The van der Waals surface area contributed by atoms with Gasteiger partial charge in [0.05, 0.1) is 10.8 Å². The lowest BCUT2D eigenvalue weighted by molar-refractivity contribution is -0.118. The highest BCUT2D eigenvalue weighted by Crippen LogP contribution is 2.15. The van der Waals surface area contributed by atoms with Gasteiger partial charge >= 0.3 is 0 Å². The predicted octanol–water partition coefficient (Wildman–Crippen LogP) is 1.46. The quantitative estimate of drug-likeness (QED) is 0.794. The third-order valence-electron chi connectivity index (χ3n) is 2.47. The number of nitrogen functional groups attached to an aromatic ring is 1. The second-order valence-electron chi connectivity index (χ2n) is 4.71. The Morgan fingerprint density at radius 3 is 2.67 bits per heavy atom. The lowest BCUT2D eigenvalue weighted by Gasteiger charge is -2.08. The molecule has 0 aromatic heterocycles. The molecule has 4 nitrogen and oxygen atoms in total. The van der Waals surface area contributed by atoms with Crippen molar-refractivity contribution in [2.45, 2.75) is 25.7 Å². The number of benzene rings is 1. The molecule has 3 N–H and O–H groups in total. The fraction of sp³-hybridized carbons (Fsp3) is 0.462. The monoisotopic (exact) mass is 268 g/mol. The molecule has 0 spiro atoms. The lowest BCUT2D eigenvalue weighted by Crippen LogP contribution is -2.31. The molecule has 0 aliphatic rings. The molecule has 18 heavy (non-hydrogen) atoms. The van der Waals surface area contributed by atoms with Crippen molar-refractivity contribution in [1.29, 1.82) is 0 Å². The number of hydrogen-bond acceptors (Lipinski definition) is 3. The van der Waals surface area contributed by atoms with E-state index in [1.807, 2.05) is 20.8 Å². The highest BCUT2D eigenvalue weighted by molar-refractivity contribution is 7.85. The van der Waals surface area contributed by atoms with E-state index in [2.05, 4.69) is 5.32 Å². The molecule has 0 bridgehead atoms. The van der Waals surface area contributed by atoms with E-state index < -0.39 is 10.8 Å². The number of hydrogen-bond donors (Lipinski definition) is 2. The van der Waals surface area contributed by atoms with Crippen molar-refractivity contribution in [3.63, 3.8) is 0 Å². The number of anilines is 1. The number of rotatable bonds is 5. The zero-order valence-electron chi connectivity index (χ0n) is 11.0. The van der Waals surface area contributed by atoms with Crippen molar-refractivity contribution in [1.82, 2.24) is 5.32 Å². The number of aryl methyl sites for hydroxylation is 1. The summed E-state index contributed by atoms with van der Waals surface area (Å²) in [4.78, 5) is 12.2. The summed E-state index contributed by atoms with van der Waals surface area (Å²) < 4.78 is 12.0. The molecule has 5 heteroatoms. The van der Waals surface area contributed by atoms with Gasteiger partial charge in [-0.05, 0) is 36.6 Å². The molecule has 0 saturated heterocycles. The lowest BCUT2D eigenvalue weighted by atomic mass is 10.2. The van der Waals surface area contributed by atoms with Gasteiger partial charge in [0, 0.05) is 17.1 Å². The van der Waals surface area contributed by atoms with Crippen LogP contribution >= 0.6 is 0 Å². The van der Waals surface area contributed by atoms with E-state index >= 15 is 0 Å². The Labute approximate surface area is 110 Å². The Morgan fingerprint density at radius 2 is 2.11 bits per heavy atom. The van der Waals surface area contributed by atoms with Gasteiger partial charge in [0.1, 0.15) is 5.75 Å². The first kappa shape index (κ1) is 14.7. The second-order valence-corrected chi connectivity index (χ2v) is 6.16. The summed E-state index contributed by atoms with van der Waals surface area (Å²) in [5, 5.41) is 2.75. The molecule has 0 radical (unpaired) electrons. The van der Waals surface area contributed by atoms with Crippen LogP contribution in [-0.2, 0) is 15.6 Å². The predicted molar refractivity (Wildman–Crippen MR) is 74.7 cm³/mol. The second kappa shape index (κ2) is 6.54. The minimum atomic E-state index is -1.31. The van der Waals surface area contributed by atoms with Crippen LogP contribution in [0.1, 0.15) is 19.4 Å². The summed E-state index contributed by atoms with van der Waals surface area (Å²) in [5.41, 5.74) is 7.24. The van der Waals surface area contributed by atoms with E-state index in [9.17, 15) is 9.00 Å². The standard InChI is InChI=1S/C13H20N2O2S/c1-9(2)7-15-13(16)8-18(17)11-4-5-12(14)10(3)6-11/h4-6,9H,7-8,14H2,1-3H3,(H,15,16). The van der Waals surface area contributed by atoms with Crippen LogP contribution < -0.4 is 11.1 Å². The molecule has 0 aliphatic heterocycles. The normalized spacial score (nSPS) is 12.4. The van der Waals surface area contributed by atoms with Crippen molar-refractivity contribution in [3.05, 3.63) is 23.8 Å². The van der Waals surface area contributed by atoms with Gasteiger partial charge in [-0.25, -0.2) is 0 Å². The molecule has 1 atom stereocenters. The van der Waals surface area contributed by atoms with E-state index in [1.165, 1.54) is 0 Å². The van der Waals surface area contributed by atoms with E-state index in [0.717, 1.165) is 5.56 Å². The summed E-state index contributed by atoms with van der Waals surface area (Å²) >= 11 is 0. The Bertz CT molecular complexity index is 458. The average molecular weight is 268 g/mol. The Hall–Kier alpha value is -1.36. The minimum Gasteiger partial charge on any atom is -0.399 e. The van der Waals surface area contributed by atoms with Gasteiger partial charge in [0.2, 0.25) is 5.91 Å². The molecule has 1 amide bonds. The number of amides is 1.